The van der Waals surface area contributed by atoms with E-state index in [1.165, 1.54) is 24.6 Å². The molecule has 160 valence electrons. The van der Waals surface area contributed by atoms with Gasteiger partial charge >= 0.3 is 6.18 Å². The number of H-pyrrole nitrogens is 1. The minimum absolute atomic E-state index is 0.00688. The standard InChI is InChI=1S/C20H22F3N5OS/c21-20(22,23)17(27-30)12-5-4-6-13(11-12)25-18-16-15(9-10-24-19(16)29)28(26-18)14-7-2-1-3-8-14/h4-6,9-11,14,17,27,30H,1-3,7-8H2,(H,24,29)(H,25,26)/t17-/m0/s1. The number of pyridine rings is 1. The minimum atomic E-state index is -4.49. The van der Waals surface area contributed by atoms with Crippen molar-refractivity contribution in [2.45, 2.75) is 50.4 Å². The van der Waals surface area contributed by atoms with Crippen LogP contribution >= 0.6 is 12.8 Å². The van der Waals surface area contributed by atoms with Crippen LogP contribution in [-0.2, 0) is 0 Å². The molecule has 0 unspecified atom stereocenters. The smallest absolute Gasteiger partial charge is 0.338 e. The van der Waals surface area contributed by atoms with Gasteiger partial charge in [-0.15, -0.1) is 0 Å². The molecule has 1 aliphatic rings. The van der Waals surface area contributed by atoms with Crippen LogP contribution in [0.4, 0.5) is 24.7 Å². The number of fused-ring (bicyclic) bond motifs is 1. The Morgan fingerprint density at radius 2 is 1.97 bits per heavy atom. The minimum Gasteiger partial charge on any atom is -0.338 e. The van der Waals surface area contributed by atoms with Crippen LogP contribution in [0.2, 0.25) is 0 Å². The summed E-state index contributed by atoms with van der Waals surface area (Å²) in [5.41, 5.74) is 0.837. The Kier molecular flexibility index (Phi) is 5.79. The quantitative estimate of drug-likeness (QED) is 0.423. The van der Waals surface area contributed by atoms with Gasteiger partial charge in [-0.1, -0.05) is 44.2 Å². The Labute approximate surface area is 176 Å². The molecule has 1 fully saturated rings. The van der Waals surface area contributed by atoms with E-state index >= 15 is 0 Å². The number of benzene rings is 1. The van der Waals surface area contributed by atoms with Gasteiger partial charge in [0.25, 0.3) is 5.56 Å². The summed E-state index contributed by atoms with van der Waals surface area (Å²) < 4.78 is 43.6. The first kappa shape index (κ1) is 20.8. The molecule has 4 rings (SSSR count). The monoisotopic (exact) mass is 437 g/mol. The van der Waals surface area contributed by atoms with Gasteiger partial charge in [-0.3, -0.25) is 14.2 Å². The molecule has 1 aliphatic carbocycles. The number of nitrogens with zero attached hydrogens (tertiary/aromatic N) is 2. The zero-order chi connectivity index (χ0) is 21.3. The first-order valence-electron chi connectivity index (χ1n) is 9.81. The fourth-order valence-electron chi connectivity index (χ4n) is 4.06. The Hall–Kier alpha value is -2.46. The van der Waals surface area contributed by atoms with Crippen LogP contribution in [0.3, 0.4) is 0 Å². The average molecular weight is 437 g/mol. The summed E-state index contributed by atoms with van der Waals surface area (Å²) >= 11 is 3.63. The molecule has 3 N–H and O–H groups in total. The van der Waals surface area contributed by atoms with Crippen LogP contribution in [0.1, 0.15) is 49.8 Å². The lowest BCUT2D eigenvalue weighted by atomic mass is 9.95. The maximum atomic E-state index is 13.2. The normalized spacial score (nSPS) is 16.7. The molecular formula is C20H22F3N5OS. The Balaban J connectivity index is 1.73. The SMILES string of the molecule is O=c1[nH]ccc2c1c(Nc1cccc([C@H](NS)C(F)(F)F)c1)nn2C1CCCCC1. The van der Waals surface area contributed by atoms with Gasteiger partial charge in [-0.2, -0.15) is 18.3 Å². The zero-order valence-electron chi connectivity index (χ0n) is 16.0. The molecule has 2 heterocycles. The lowest BCUT2D eigenvalue weighted by Gasteiger charge is -2.22. The number of alkyl halides is 3. The molecule has 0 spiro atoms. The van der Waals surface area contributed by atoms with E-state index < -0.39 is 12.2 Å². The van der Waals surface area contributed by atoms with Gasteiger partial charge in [-0.05, 0) is 36.6 Å². The number of aromatic amines is 1. The van der Waals surface area contributed by atoms with Gasteiger partial charge in [-0.25, -0.2) is 0 Å². The Morgan fingerprint density at radius 3 is 2.67 bits per heavy atom. The van der Waals surface area contributed by atoms with Gasteiger partial charge in [0.15, 0.2) is 5.82 Å². The molecule has 30 heavy (non-hydrogen) atoms. The molecule has 1 atom stereocenters. The summed E-state index contributed by atoms with van der Waals surface area (Å²) in [6.07, 6.45) is 2.47. The van der Waals surface area contributed by atoms with Crippen molar-refractivity contribution in [3.05, 3.63) is 52.4 Å². The highest BCUT2D eigenvalue weighted by atomic mass is 32.1. The predicted octanol–water partition coefficient (Wildman–Crippen LogP) is 5.01. The molecule has 0 radical (unpaired) electrons. The maximum absolute atomic E-state index is 13.2. The van der Waals surface area contributed by atoms with Crippen LogP contribution in [-0.4, -0.2) is 20.9 Å². The fraction of sp³-hybridized carbons (Fsp3) is 0.400. The van der Waals surface area contributed by atoms with E-state index in [1.54, 1.807) is 12.3 Å². The summed E-state index contributed by atoms with van der Waals surface area (Å²) in [6.45, 7) is 0. The molecule has 1 aromatic carbocycles. The van der Waals surface area contributed by atoms with Crippen molar-refractivity contribution < 1.29 is 13.2 Å². The van der Waals surface area contributed by atoms with Crippen molar-refractivity contribution in [3.8, 4) is 0 Å². The second kappa shape index (κ2) is 8.35. The van der Waals surface area contributed by atoms with Crippen molar-refractivity contribution >= 4 is 35.2 Å². The number of thiol groups is 1. The number of hydrogen-bond acceptors (Lipinski definition) is 5. The number of hydrogen-bond donors (Lipinski definition) is 4. The largest absolute Gasteiger partial charge is 0.408 e. The predicted molar refractivity (Wildman–Crippen MR) is 113 cm³/mol. The highest BCUT2D eigenvalue weighted by Gasteiger charge is 2.40. The van der Waals surface area contributed by atoms with E-state index in [0.717, 1.165) is 31.2 Å². The fourth-order valence-corrected chi connectivity index (χ4v) is 4.36. The van der Waals surface area contributed by atoms with Gasteiger partial charge in [0.2, 0.25) is 0 Å². The van der Waals surface area contributed by atoms with Crippen LogP contribution < -0.4 is 15.6 Å². The third-order valence-electron chi connectivity index (χ3n) is 5.49. The van der Waals surface area contributed by atoms with Gasteiger partial charge in [0.1, 0.15) is 11.4 Å². The van der Waals surface area contributed by atoms with Crippen molar-refractivity contribution in [1.29, 1.82) is 0 Å². The van der Waals surface area contributed by atoms with Crippen LogP contribution in [0.5, 0.6) is 0 Å². The van der Waals surface area contributed by atoms with Crippen LogP contribution in [0, 0.1) is 0 Å². The molecular weight excluding hydrogens is 415 g/mol. The molecule has 0 saturated heterocycles. The summed E-state index contributed by atoms with van der Waals surface area (Å²) in [6, 6.07) is 6.01. The molecule has 1 saturated carbocycles. The van der Waals surface area contributed by atoms with E-state index in [9.17, 15) is 18.0 Å². The second-order valence-electron chi connectivity index (χ2n) is 7.51. The van der Waals surface area contributed by atoms with Gasteiger partial charge in [0.05, 0.1) is 11.6 Å². The van der Waals surface area contributed by atoms with E-state index in [0.29, 0.717) is 16.9 Å². The first-order valence-corrected chi connectivity index (χ1v) is 10.3. The molecule has 3 aromatic rings. The van der Waals surface area contributed by atoms with Crippen molar-refractivity contribution in [1.82, 2.24) is 19.5 Å². The maximum Gasteiger partial charge on any atom is 0.408 e. The first-order chi connectivity index (χ1) is 14.4. The third-order valence-corrected chi connectivity index (χ3v) is 5.75. The molecule has 6 nitrogen and oxygen atoms in total. The summed E-state index contributed by atoms with van der Waals surface area (Å²) in [4.78, 5) is 15.2. The molecule has 0 aliphatic heterocycles. The number of anilines is 2. The van der Waals surface area contributed by atoms with E-state index in [4.69, 9.17) is 0 Å². The van der Waals surface area contributed by atoms with Gasteiger partial charge < -0.3 is 10.3 Å². The van der Waals surface area contributed by atoms with Crippen LogP contribution in [0.25, 0.3) is 10.9 Å². The average Bonchev–Trinajstić information content (AvgIpc) is 3.08. The second-order valence-corrected chi connectivity index (χ2v) is 7.76. The van der Waals surface area contributed by atoms with E-state index in [1.807, 2.05) is 15.5 Å². The molecule has 2 aromatic heterocycles. The third kappa shape index (κ3) is 4.06. The summed E-state index contributed by atoms with van der Waals surface area (Å²) in [5.74, 6) is 0.331. The molecule has 10 heteroatoms. The molecule has 0 amide bonds. The van der Waals surface area contributed by atoms with E-state index in [-0.39, 0.29) is 17.2 Å². The highest BCUT2D eigenvalue weighted by Crippen LogP contribution is 2.35. The topological polar surface area (TPSA) is 74.7 Å². The van der Waals surface area contributed by atoms with E-state index in [2.05, 4.69) is 28.2 Å². The Morgan fingerprint density at radius 1 is 1.20 bits per heavy atom. The highest BCUT2D eigenvalue weighted by molar-refractivity contribution is 7.78. The van der Waals surface area contributed by atoms with Crippen molar-refractivity contribution in [2.24, 2.45) is 0 Å². The summed E-state index contributed by atoms with van der Waals surface area (Å²) in [7, 11) is 0. The number of aromatic nitrogens is 3. The Bertz CT molecular complexity index is 1090. The number of nitrogens with one attached hydrogen (secondary N) is 3. The lowest BCUT2D eigenvalue weighted by Crippen LogP contribution is -2.28. The number of rotatable bonds is 5. The number of halogens is 3. The van der Waals surface area contributed by atoms with Gasteiger partial charge in [0, 0.05) is 11.9 Å². The zero-order valence-corrected chi connectivity index (χ0v) is 16.9. The summed E-state index contributed by atoms with van der Waals surface area (Å²) in [5, 5.41) is 8.09. The lowest BCUT2D eigenvalue weighted by molar-refractivity contribution is -0.152. The molecule has 0 bridgehead atoms. The van der Waals surface area contributed by atoms with Crippen LogP contribution in [0.15, 0.2) is 41.3 Å². The van der Waals surface area contributed by atoms with Crippen molar-refractivity contribution in [3.63, 3.8) is 0 Å². The van der Waals surface area contributed by atoms with Crippen molar-refractivity contribution in [2.75, 3.05) is 5.32 Å².